The summed E-state index contributed by atoms with van der Waals surface area (Å²) in [4.78, 5) is 14.8. The second-order valence-corrected chi connectivity index (χ2v) is 8.93. The number of hydrogen-bond donors (Lipinski definition) is 3. The Bertz CT molecular complexity index is 989. The van der Waals surface area contributed by atoms with Crippen LogP contribution < -0.4 is 10.6 Å². The summed E-state index contributed by atoms with van der Waals surface area (Å²) < 4.78 is 5.61. The predicted octanol–water partition coefficient (Wildman–Crippen LogP) is 4.16. The van der Waals surface area contributed by atoms with Gasteiger partial charge in [0.15, 0.2) is 5.96 Å². The molecule has 1 amide bonds. The van der Waals surface area contributed by atoms with Crippen LogP contribution in [0.5, 0.6) is 0 Å². The number of fused-ring (bicyclic) bond motifs is 2. The van der Waals surface area contributed by atoms with Crippen LogP contribution in [0.15, 0.2) is 42.5 Å². The van der Waals surface area contributed by atoms with Crippen LogP contribution in [0.1, 0.15) is 37.3 Å². The maximum Gasteiger partial charge on any atom is 0.232 e. The average Bonchev–Trinajstić information content (AvgIpc) is 2.70. The summed E-state index contributed by atoms with van der Waals surface area (Å²) in [5.41, 5.74) is 3.80. The van der Waals surface area contributed by atoms with Gasteiger partial charge in [-0.25, -0.2) is 0 Å². The molecular weight excluding hydrogens is 400 g/mol. The third-order valence-corrected chi connectivity index (χ3v) is 6.69. The highest BCUT2D eigenvalue weighted by Crippen LogP contribution is 2.47. The van der Waals surface area contributed by atoms with Crippen LogP contribution in [-0.2, 0) is 21.5 Å². The lowest BCUT2D eigenvalue weighted by atomic mass is 9.67. The summed E-state index contributed by atoms with van der Waals surface area (Å²) in [5.74, 6) is 0.242. The van der Waals surface area contributed by atoms with Crippen molar-refractivity contribution < 1.29 is 9.53 Å². The Kier molecular flexibility index (Phi) is 4.71. The summed E-state index contributed by atoms with van der Waals surface area (Å²) >= 11 is 5.98. The third kappa shape index (κ3) is 3.24. The number of guanidine groups is 1. The number of nitrogens with zero attached hydrogens (tertiary/aromatic N) is 1. The predicted molar refractivity (Wildman–Crippen MR) is 117 cm³/mol. The molecular formula is C23H25ClN4O2. The minimum Gasteiger partial charge on any atom is -0.378 e. The zero-order chi connectivity index (χ0) is 20.9. The number of carbonyl (C=O) groups excluding carboxylic acids is 1. The third-order valence-electron chi connectivity index (χ3n) is 6.44. The molecule has 2 aromatic rings. The zero-order valence-electron chi connectivity index (χ0n) is 16.9. The number of rotatable bonds is 3. The van der Waals surface area contributed by atoms with Crippen LogP contribution in [0, 0.1) is 5.41 Å². The SMILES string of the molecule is C[C@@H]1C[C@H](N2C(=N)N[C@]3(CC2=O)Cc2c(Nc4ccc(Cl)cc4)cccc23)CCO1. The van der Waals surface area contributed by atoms with Gasteiger partial charge in [0.1, 0.15) is 0 Å². The minimum absolute atomic E-state index is 0.0274. The molecule has 30 heavy (non-hydrogen) atoms. The highest BCUT2D eigenvalue weighted by Gasteiger charge is 2.51. The van der Waals surface area contributed by atoms with Crippen LogP contribution in [0.4, 0.5) is 11.4 Å². The molecule has 0 bridgehead atoms. The van der Waals surface area contributed by atoms with E-state index in [0.717, 1.165) is 29.8 Å². The highest BCUT2D eigenvalue weighted by molar-refractivity contribution is 6.30. The van der Waals surface area contributed by atoms with Gasteiger partial charge >= 0.3 is 0 Å². The number of carbonyl (C=O) groups is 1. The van der Waals surface area contributed by atoms with E-state index in [-0.39, 0.29) is 24.0 Å². The quantitative estimate of drug-likeness (QED) is 0.691. The van der Waals surface area contributed by atoms with Gasteiger partial charge in [0, 0.05) is 35.5 Å². The molecule has 3 N–H and O–H groups in total. The monoisotopic (exact) mass is 424 g/mol. The molecule has 2 fully saturated rings. The molecule has 2 aromatic carbocycles. The van der Waals surface area contributed by atoms with E-state index in [1.165, 1.54) is 5.56 Å². The molecule has 3 aliphatic rings. The van der Waals surface area contributed by atoms with Gasteiger partial charge in [-0.3, -0.25) is 15.1 Å². The van der Waals surface area contributed by atoms with Gasteiger partial charge in [-0.15, -0.1) is 0 Å². The second-order valence-electron chi connectivity index (χ2n) is 8.50. The summed E-state index contributed by atoms with van der Waals surface area (Å²) in [6.07, 6.45) is 2.75. The maximum atomic E-state index is 13.1. The van der Waals surface area contributed by atoms with E-state index in [4.69, 9.17) is 21.7 Å². The maximum absolute atomic E-state index is 13.1. The van der Waals surface area contributed by atoms with Crippen LogP contribution >= 0.6 is 11.6 Å². The van der Waals surface area contributed by atoms with Gasteiger partial charge in [0.2, 0.25) is 5.91 Å². The van der Waals surface area contributed by atoms with Crippen molar-refractivity contribution in [1.29, 1.82) is 5.41 Å². The van der Waals surface area contributed by atoms with E-state index in [1.807, 2.05) is 43.3 Å². The van der Waals surface area contributed by atoms with Crippen molar-refractivity contribution in [2.75, 3.05) is 11.9 Å². The Morgan fingerprint density at radius 3 is 2.77 bits per heavy atom. The van der Waals surface area contributed by atoms with E-state index in [2.05, 4.69) is 16.7 Å². The first-order chi connectivity index (χ1) is 14.4. The number of benzene rings is 2. The molecule has 2 heterocycles. The van der Waals surface area contributed by atoms with Gasteiger partial charge in [0.25, 0.3) is 0 Å². The topological polar surface area (TPSA) is 77.5 Å². The normalized spacial score (nSPS) is 28.0. The molecule has 3 atom stereocenters. The van der Waals surface area contributed by atoms with Crippen molar-refractivity contribution in [2.45, 2.75) is 50.3 Å². The molecule has 6 nitrogen and oxygen atoms in total. The number of amides is 1. The molecule has 0 aromatic heterocycles. The van der Waals surface area contributed by atoms with Crippen molar-refractivity contribution in [1.82, 2.24) is 10.2 Å². The van der Waals surface area contributed by atoms with Crippen LogP contribution in [0.3, 0.4) is 0 Å². The highest BCUT2D eigenvalue weighted by atomic mass is 35.5. The lowest BCUT2D eigenvalue weighted by Gasteiger charge is -2.52. The molecule has 7 heteroatoms. The standard InChI is InChI=1S/C23H25ClN4O2/c1-14-11-17(9-10-30-14)28-21(29)13-23(27-22(28)25)12-18-19(23)3-2-4-20(18)26-16-7-5-15(24)6-8-16/h2-8,14,17,26H,9-13H2,1H3,(H2,25,27)/t14-,17-,23+/m1/s1. The Balaban J connectivity index is 1.36. The lowest BCUT2D eigenvalue weighted by Crippen LogP contribution is -2.67. The molecule has 0 radical (unpaired) electrons. The molecule has 0 unspecified atom stereocenters. The molecule has 5 rings (SSSR count). The van der Waals surface area contributed by atoms with Crippen LogP contribution in [0.25, 0.3) is 0 Å². The first kappa shape index (κ1) is 19.4. The van der Waals surface area contributed by atoms with E-state index in [1.54, 1.807) is 4.90 Å². The van der Waals surface area contributed by atoms with E-state index < -0.39 is 5.54 Å². The molecule has 156 valence electrons. The van der Waals surface area contributed by atoms with E-state index >= 15 is 0 Å². The summed E-state index contributed by atoms with van der Waals surface area (Å²) in [7, 11) is 0. The van der Waals surface area contributed by atoms with Crippen LogP contribution in [-0.4, -0.2) is 35.5 Å². The average molecular weight is 425 g/mol. The summed E-state index contributed by atoms with van der Waals surface area (Å²) in [6, 6.07) is 13.8. The Morgan fingerprint density at radius 1 is 1.23 bits per heavy atom. The van der Waals surface area contributed by atoms with Gasteiger partial charge in [-0.2, -0.15) is 0 Å². The van der Waals surface area contributed by atoms with E-state index in [0.29, 0.717) is 24.5 Å². The number of ether oxygens (including phenoxy) is 1. The van der Waals surface area contributed by atoms with Crippen LogP contribution in [0.2, 0.25) is 5.02 Å². The second kappa shape index (κ2) is 7.29. The molecule has 2 saturated heterocycles. The first-order valence-electron chi connectivity index (χ1n) is 10.4. The number of hydrogen-bond acceptors (Lipinski definition) is 4. The smallest absolute Gasteiger partial charge is 0.232 e. The van der Waals surface area contributed by atoms with Crippen molar-refractivity contribution in [3.8, 4) is 0 Å². The zero-order valence-corrected chi connectivity index (χ0v) is 17.6. The summed E-state index contributed by atoms with van der Waals surface area (Å²) in [5, 5.41) is 16.1. The first-order valence-corrected chi connectivity index (χ1v) is 10.8. The molecule has 1 aliphatic carbocycles. The van der Waals surface area contributed by atoms with Gasteiger partial charge in [-0.1, -0.05) is 23.7 Å². The Labute approximate surface area is 181 Å². The Hall–Kier alpha value is -2.57. The molecule has 1 spiro atoms. The fraction of sp³-hybridized carbons (Fsp3) is 0.391. The fourth-order valence-electron chi connectivity index (χ4n) is 4.99. The Morgan fingerprint density at radius 2 is 2.03 bits per heavy atom. The largest absolute Gasteiger partial charge is 0.378 e. The number of nitrogens with one attached hydrogen (secondary N) is 3. The van der Waals surface area contributed by atoms with E-state index in [9.17, 15) is 4.79 Å². The lowest BCUT2D eigenvalue weighted by molar-refractivity contribution is -0.135. The molecule has 0 saturated carbocycles. The number of halogens is 1. The van der Waals surface area contributed by atoms with Gasteiger partial charge < -0.3 is 15.4 Å². The van der Waals surface area contributed by atoms with Crippen molar-refractivity contribution in [2.24, 2.45) is 0 Å². The van der Waals surface area contributed by atoms with Gasteiger partial charge in [0.05, 0.1) is 18.1 Å². The van der Waals surface area contributed by atoms with Crippen molar-refractivity contribution in [3.63, 3.8) is 0 Å². The fourth-order valence-corrected chi connectivity index (χ4v) is 5.11. The minimum atomic E-state index is -0.478. The summed E-state index contributed by atoms with van der Waals surface area (Å²) in [6.45, 7) is 2.66. The van der Waals surface area contributed by atoms with Crippen molar-refractivity contribution >= 4 is 34.8 Å². The number of anilines is 2. The van der Waals surface area contributed by atoms with Gasteiger partial charge in [-0.05, 0) is 61.2 Å². The van der Waals surface area contributed by atoms with Crippen molar-refractivity contribution in [3.05, 3.63) is 58.6 Å². The molecule has 2 aliphatic heterocycles.